The average molecular weight is 333 g/mol. The lowest BCUT2D eigenvalue weighted by molar-refractivity contribution is -0.157. The molecule has 2 bridgehead atoms. The summed E-state index contributed by atoms with van der Waals surface area (Å²) in [5.41, 5.74) is -0.653. The minimum Gasteiger partial charge on any atom is -0.463 e. The van der Waals surface area contributed by atoms with Gasteiger partial charge in [0.15, 0.2) is 0 Å². The molecule has 3 aliphatic heterocycles. The highest BCUT2D eigenvalue weighted by molar-refractivity contribution is 7.09. The zero-order valence-electron chi connectivity index (χ0n) is 13.1. The smallest absolute Gasteiger partial charge is 0.313 e. The number of carbonyl (C=O) groups excluding carboxylic acids is 2. The van der Waals surface area contributed by atoms with Crippen molar-refractivity contribution in [3.05, 3.63) is 34.5 Å². The van der Waals surface area contributed by atoms with Gasteiger partial charge in [-0.1, -0.05) is 18.2 Å². The Kier molecular flexibility index (Phi) is 3.35. The van der Waals surface area contributed by atoms with Crippen molar-refractivity contribution in [2.24, 2.45) is 11.8 Å². The molecule has 1 aromatic heterocycles. The van der Waals surface area contributed by atoms with E-state index in [1.54, 1.807) is 16.2 Å². The van der Waals surface area contributed by atoms with E-state index in [0.29, 0.717) is 13.1 Å². The predicted octanol–water partition coefficient (Wildman–Crippen LogP) is 1.98. The molecule has 2 fully saturated rings. The molecule has 0 radical (unpaired) electrons. The third kappa shape index (κ3) is 2.23. The summed E-state index contributed by atoms with van der Waals surface area (Å²) in [6.07, 6.45) is 3.35. The van der Waals surface area contributed by atoms with E-state index < -0.39 is 17.4 Å². The van der Waals surface area contributed by atoms with E-state index in [1.807, 2.05) is 43.5 Å². The van der Waals surface area contributed by atoms with Crippen LogP contribution in [-0.2, 0) is 25.6 Å². The second-order valence-corrected chi connectivity index (χ2v) is 7.69. The van der Waals surface area contributed by atoms with Gasteiger partial charge in [-0.2, -0.15) is 0 Å². The highest BCUT2D eigenvalue weighted by atomic mass is 32.1. The molecule has 0 saturated carbocycles. The largest absolute Gasteiger partial charge is 0.463 e. The predicted molar refractivity (Wildman–Crippen MR) is 84.7 cm³/mol. The fourth-order valence-corrected chi connectivity index (χ4v) is 4.60. The zero-order chi connectivity index (χ0) is 16.2. The molecule has 1 spiro atoms. The van der Waals surface area contributed by atoms with Gasteiger partial charge in [0.05, 0.1) is 31.2 Å². The van der Waals surface area contributed by atoms with Gasteiger partial charge in [0.1, 0.15) is 11.5 Å². The van der Waals surface area contributed by atoms with Crippen LogP contribution < -0.4 is 0 Å². The van der Waals surface area contributed by atoms with Crippen LogP contribution in [0.3, 0.4) is 0 Å². The summed E-state index contributed by atoms with van der Waals surface area (Å²) in [7, 11) is 0. The van der Waals surface area contributed by atoms with Crippen molar-refractivity contribution in [2.45, 2.75) is 38.2 Å². The van der Waals surface area contributed by atoms with Gasteiger partial charge in [-0.25, -0.2) is 0 Å². The van der Waals surface area contributed by atoms with Gasteiger partial charge in [0, 0.05) is 4.88 Å². The first-order valence-corrected chi connectivity index (χ1v) is 8.77. The lowest BCUT2D eigenvalue weighted by Crippen LogP contribution is -2.40. The number of amides is 1. The molecule has 2 saturated heterocycles. The molecule has 23 heavy (non-hydrogen) atoms. The normalized spacial score (nSPS) is 34.5. The molecule has 5 nitrogen and oxygen atoms in total. The first-order valence-electron chi connectivity index (χ1n) is 7.89. The molecule has 0 aliphatic carbocycles. The maximum atomic E-state index is 12.9. The summed E-state index contributed by atoms with van der Waals surface area (Å²) in [4.78, 5) is 28.3. The summed E-state index contributed by atoms with van der Waals surface area (Å²) >= 11 is 1.63. The molecule has 4 atom stereocenters. The second kappa shape index (κ2) is 5.18. The van der Waals surface area contributed by atoms with Crippen molar-refractivity contribution in [1.82, 2.24) is 4.90 Å². The number of ether oxygens (including phenoxy) is 2. The summed E-state index contributed by atoms with van der Waals surface area (Å²) in [6, 6.07) is 3.99. The number of hydrogen-bond donors (Lipinski definition) is 0. The fraction of sp³-hybridized carbons (Fsp3) is 0.529. The van der Waals surface area contributed by atoms with Crippen molar-refractivity contribution in [3.63, 3.8) is 0 Å². The number of fused-ring (bicyclic) bond motifs is 1. The van der Waals surface area contributed by atoms with E-state index in [2.05, 4.69) is 0 Å². The Morgan fingerprint density at radius 1 is 1.57 bits per heavy atom. The van der Waals surface area contributed by atoms with Crippen LogP contribution in [0.5, 0.6) is 0 Å². The number of thiophene rings is 1. The molecule has 0 unspecified atom stereocenters. The molecule has 1 amide bonds. The zero-order valence-corrected chi connectivity index (χ0v) is 13.9. The molecule has 6 heteroatoms. The van der Waals surface area contributed by atoms with E-state index in [1.165, 1.54) is 0 Å². The monoisotopic (exact) mass is 333 g/mol. The van der Waals surface area contributed by atoms with Crippen molar-refractivity contribution in [1.29, 1.82) is 0 Å². The lowest BCUT2D eigenvalue weighted by Gasteiger charge is -2.23. The first-order chi connectivity index (χ1) is 11.0. The fourth-order valence-electron chi connectivity index (χ4n) is 3.88. The molecule has 0 aromatic carbocycles. The van der Waals surface area contributed by atoms with Gasteiger partial charge >= 0.3 is 5.97 Å². The molecular weight excluding hydrogens is 314 g/mol. The summed E-state index contributed by atoms with van der Waals surface area (Å²) < 4.78 is 11.4. The van der Waals surface area contributed by atoms with Crippen molar-refractivity contribution < 1.29 is 19.1 Å². The Morgan fingerprint density at radius 2 is 2.39 bits per heavy atom. The van der Waals surface area contributed by atoms with Crippen LogP contribution in [0.15, 0.2) is 29.7 Å². The number of nitrogens with zero attached hydrogens (tertiary/aromatic N) is 1. The quantitative estimate of drug-likeness (QED) is 0.624. The van der Waals surface area contributed by atoms with E-state index in [0.717, 1.165) is 4.88 Å². The Hall–Kier alpha value is -1.66. The third-order valence-corrected chi connectivity index (χ3v) is 5.59. The Balaban J connectivity index is 1.59. The number of hydrogen-bond acceptors (Lipinski definition) is 5. The molecule has 4 rings (SSSR count). The van der Waals surface area contributed by atoms with Crippen LogP contribution >= 0.6 is 11.3 Å². The molecular formula is C17H19NO4S. The number of esters is 1. The van der Waals surface area contributed by atoms with Crippen LogP contribution in [0.1, 0.15) is 18.7 Å². The average Bonchev–Trinajstić information content (AvgIpc) is 3.21. The van der Waals surface area contributed by atoms with Crippen molar-refractivity contribution >= 4 is 23.2 Å². The summed E-state index contributed by atoms with van der Waals surface area (Å²) in [5.74, 6) is -1.31. The topological polar surface area (TPSA) is 55.8 Å². The van der Waals surface area contributed by atoms with Gasteiger partial charge in [-0.3, -0.25) is 9.59 Å². The Bertz CT molecular complexity index is 668. The highest BCUT2D eigenvalue weighted by Gasteiger charge is 2.67. The second-order valence-electron chi connectivity index (χ2n) is 6.66. The number of carbonyl (C=O) groups is 2. The maximum Gasteiger partial charge on any atom is 0.313 e. The minimum atomic E-state index is -0.653. The van der Waals surface area contributed by atoms with E-state index >= 15 is 0 Å². The van der Waals surface area contributed by atoms with E-state index in [4.69, 9.17) is 9.47 Å². The van der Waals surface area contributed by atoms with Gasteiger partial charge in [0.2, 0.25) is 5.91 Å². The van der Waals surface area contributed by atoms with Crippen LogP contribution in [0.25, 0.3) is 0 Å². The lowest BCUT2D eigenvalue weighted by atomic mass is 9.77. The molecule has 0 N–H and O–H groups in total. The van der Waals surface area contributed by atoms with Crippen LogP contribution in [0, 0.1) is 11.8 Å². The summed E-state index contributed by atoms with van der Waals surface area (Å²) in [6.45, 7) is 4.71. The van der Waals surface area contributed by atoms with Crippen molar-refractivity contribution in [2.75, 3.05) is 6.54 Å². The first kappa shape index (κ1) is 14.9. The molecule has 1 aromatic rings. The van der Waals surface area contributed by atoms with Crippen molar-refractivity contribution in [3.8, 4) is 0 Å². The van der Waals surface area contributed by atoms with Gasteiger partial charge in [0.25, 0.3) is 0 Å². The van der Waals surface area contributed by atoms with Gasteiger partial charge in [-0.15, -0.1) is 11.3 Å². The van der Waals surface area contributed by atoms with Gasteiger partial charge in [-0.05, 0) is 25.3 Å². The van der Waals surface area contributed by atoms with E-state index in [9.17, 15) is 9.59 Å². The highest BCUT2D eigenvalue weighted by Crippen LogP contribution is 2.52. The molecule has 4 heterocycles. The molecule has 3 aliphatic rings. The Morgan fingerprint density at radius 3 is 3.09 bits per heavy atom. The van der Waals surface area contributed by atoms with E-state index in [-0.39, 0.29) is 24.1 Å². The molecule has 122 valence electrons. The van der Waals surface area contributed by atoms with Crippen LogP contribution in [-0.4, -0.2) is 41.1 Å². The Labute approximate surface area is 138 Å². The number of rotatable bonds is 4. The summed E-state index contributed by atoms with van der Waals surface area (Å²) in [5, 5.41) is 2.00. The SMILES string of the molecule is CC(C)OC(=O)[C@@H]1[C@H]2C=C[C@@]3(CN(Cc4cccs4)C(=O)[C@@H]13)O2. The maximum absolute atomic E-state index is 12.9. The third-order valence-electron chi connectivity index (χ3n) is 4.73. The standard InChI is InChI=1S/C17H19NO4S/c1-10(2)21-16(20)13-12-5-6-17(22-12)9-18(15(19)14(13)17)8-11-4-3-7-23-11/h3-7,10,12-14H,8-9H2,1-2H3/t12-,13-,14-,17+/m1/s1. The number of likely N-dealkylation sites (tertiary alicyclic amines) is 1. The van der Waals surface area contributed by atoms with Crippen LogP contribution in [0.4, 0.5) is 0 Å². The minimum absolute atomic E-state index is 0.00374. The van der Waals surface area contributed by atoms with Gasteiger partial charge < -0.3 is 14.4 Å². The van der Waals surface area contributed by atoms with Crippen LogP contribution in [0.2, 0.25) is 0 Å².